The topological polar surface area (TPSA) is 34.1 Å². The number of hydrogen-bond acceptors (Lipinski definition) is 2. The lowest BCUT2D eigenvalue weighted by Gasteiger charge is -2.39. The van der Waals surface area contributed by atoms with Gasteiger partial charge in [-0.15, -0.1) is 0 Å². The lowest BCUT2D eigenvalue weighted by molar-refractivity contribution is -0.436. The number of Topliss-reactive ketones (excluding diaryl/α,β-unsaturated/α-hetero) is 2. The van der Waals surface area contributed by atoms with Crippen LogP contribution >= 0.6 is 0 Å². The van der Waals surface area contributed by atoms with Crippen LogP contribution in [-0.2, 0) is 9.59 Å². The Morgan fingerprint density at radius 3 is 1.20 bits per heavy atom. The van der Waals surface area contributed by atoms with Gasteiger partial charge in [0.25, 0.3) is 0 Å². The highest BCUT2D eigenvalue weighted by atomic mass is 19.4. The van der Waals surface area contributed by atoms with Gasteiger partial charge in [-0.1, -0.05) is 0 Å². The molecule has 0 aliphatic rings. The van der Waals surface area contributed by atoms with E-state index in [9.17, 15) is 66.7 Å². The predicted octanol–water partition coefficient (Wildman–Crippen LogP) is 4.27. The fourth-order valence-corrected chi connectivity index (χ4v) is 1.28. The van der Waals surface area contributed by atoms with Crippen LogP contribution in [0.15, 0.2) is 0 Å². The van der Waals surface area contributed by atoms with Gasteiger partial charge in [-0.2, -0.15) is 57.1 Å². The van der Waals surface area contributed by atoms with Crippen molar-refractivity contribution in [3.05, 3.63) is 0 Å². The van der Waals surface area contributed by atoms with Crippen molar-refractivity contribution in [3.8, 4) is 0 Å². The number of ketones is 2. The SMILES string of the molecule is CC(=O)CC(=O)C(F)(F)C(F)(F)C(F)(F)C(F)(F)C(F)(F)C(F)(F)F. The van der Waals surface area contributed by atoms with Crippen LogP contribution in [0.3, 0.4) is 0 Å². The smallest absolute Gasteiger partial charge is 0.300 e. The van der Waals surface area contributed by atoms with Gasteiger partial charge in [-0.25, -0.2) is 0 Å². The van der Waals surface area contributed by atoms with Gasteiger partial charge in [0.1, 0.15) is 5.78 Å². The van der Waals surface area contributed by atoms with Crippen molar-refractivity contribution in [1.82, 2.24) is 0 Å². The summed E-state index contributed by atoms with van der Waals surface area (Å²) in [6.45, 7) is 0.316. The maximum Gasteiger partial charge on any atom is 0.460 e. The summed E-state index contributed by atoms with van der Waals surface area (Å²) in [5, 5.41) is 0. The highest BCUT2D eigenvalue weighted by molar-refractivity contribution is 6.02. The first kappa shape index (κ1) is 23.4. The Morgan fingerprint density at radius 2 is 0.920 bits per heavy atom. The van der Waals surface area contributed by atoms with Gasteiger partial charge >= 0.3 is 35.8 Å². The Morgan fingerprint density at radius 1 is 0.600 bits per heavy atom. The van der Waals surface area contributed by atoms with Gasteiger partial charge in [-0.3, -0.25) is 9.59 Å². The summed E-state index contributed by atoms with van der Waals surface area (Å²) >= 11 is 0. The highest BCUT2D eigenvalue weighted by Crippen LogP contribution is 2.60. The molecule has 0 spiro atoms. The van der Waals surface area contributed by atoms with E-state index in [2.05, 4.69) is 0 Å². The Hall–Kier alpha value is -1.57. The third-order valence-electron chi connectivity index (χ3n) is 2.69. The third-order valence-corrected chi connectivity index (χ3v) is 2.69. The van der Waals surface area contributed by atoms with E-state index < -0.39 is 53.8 Å². The minimum Gasteiger partial charge on any atom is -0.300 e. The van der Waals surface area contributed by atoms with Crippen LogP contribution in [0, 0.1) is 0 Å². The summed E-state index contributed by atoms with van der Waals surface area (Å²) in [5.74, 6) is -43.5. The highest BCUT2D eigenvalue weighted by Gasteiger charge is 2.91. The van der Waals surface area contributed by atoms with Crippen molar-refractivity contribution in [1.29, 1.82) is 0 Å². The van der Waals surface area contributed by atoms with E-state index >= 15 is 0 Å². The molecule has 0 saturated carbocycles. The molecule has 0 rings (SSSR count). The summed E-state index contributed by atoms with van der Waals surface area (Å²) in [6, 6.07) is 0. The van der Waals surface area contributed by atoms with Crippen molar-refractivity contribution in [2.24, 2.45) is 0 Å². The molecule has 0 radical (unpaired) electrons. The average Bonchev–Trinajstić information content (AvgIpc) is 2.35. The molecule has 25 heavy (non-hydrogen) atoms. The average molecular weight is 404 g/mol. The monoisotopic (exact) mass is 404 g/mol. The Kier molecular flexibility index (Phi) is 5.62. The molecule has 0 fully saturated rings. The van der Waals surface area contributed by atoms with E-state index in [4.69, 9.17) is 0 Å². The molecule has 0 aromatic rings. The van der Waals surface area contributed by atoms with Crippen molar-refractivity contribution in [2.45, 2.75) is 49.1 Å². The van der Waals surface area contributed by atoms with Crippen molar-refractivity contribution in [3.63, 3.8) is 0 Å². The molecule has 0 aliphatic carbocycles. The lowest BCUT2D eigenvalue weighted by atomic mass is 9.91. The first-order chi connectivity index (χ1) is 10.6. The summed E-state index contributed by atoms with van der Waals surface area (Å²) in [4.78, 5) is 21.1. The van der Waals surface area contributed by atoms with Crippen LogP contribution in [0.25, 0.3) is 0 Å². The van der Waals surface area contributed by atoms with Crippen LogP contribution in [0.5, 0.6) is 0 Å². The molecule has 0 atom stereocenters. The second-order valence-electron chi connectivity index (χ2n) is 4.67. The Balaban J connectivity index is 6.29. The third kappa shape index (κ3) is 3.28. The number of hydrogen-bond donors (Lipinski definition) is 0. The zero-order chi connectivity index (χ0) is 20.9. The van der Waals surface area contributed by atoms with Crippen LogP contribution in [0.1, 0.15) is 13.3 Å². The van der Waals surface area contributed by atoms with E-state index in [0.29, 0.717) is 6.92 Å². The first-order valence-electron chi connectivity index (χ1n) is 5.57. The predicted molar refractivity (Wildman–Crippen MR) is 51.1 cm³/mol. The minimum atomic E-state index is -8.07. The van der Waals surface area contributed by atoms with Crippen LogP contribution < -0.4 is 0 Å². The van der Waals surface area contributed by atoms with E-state index in [1.807, 2.05) is 0 Å². The van der Waals surface area contributed by atoms with Gasteiger partial charge < -0.3 is 0 Å². The Labute approximate surface area is 128 Å². The van der Waals surface area contributed by atoms with Gasteiger partial charge in [-0.05, 0) is 6.92 Å². The summed E-state index contributed by atoms with van der Waals surface area (Å²) in [6.07, 6.45) is -9.71. The molecule has 0 aromatic heterocycles. The molecule has 0 N–H and O–H groups in total. The standard InChI is InChI=1S/C10H5F13O2/c1-3(24)2-4(25)5(11,12)6(13,14)7(15,16)8(17,18)9(19,20)10(21,22)23/h2H2,1H3. The molecule has 0 aromatic carbocycles. The van der Waals surface area contributed by atoms with E-state index in [1.165, 1.54) is 0 Å². The summed E-state index contributed by atoms with van der Waals surface area (Å²) in [7, 11) is 0. The Bertz CT molecular complexity index is 546. The molecule has 0 saturated heterocycles. The number of carbonyl (C=O) groups is 2. The first-order valence-corrected chi connectivity index (χ1v) is 5.57. The molecule has 15 heteroatoms. The van der Waals surface area contributed by atoms with E-state index in [1.54, 1.807) is 0 Å². The second kappa shape index (κ2) is 6.00. The van der Waals surface area contributed by atoms with Crippen molar-refractivity contribution < 1.29 is 66.7 Å². The molecular formula is C10H5F13O2. The molecule has 0 bridgehead atoms. The molecule has 0 heterocycles. The lowest BCUT2D eigenvalue weighted by Crippen LogP contribution is -2.71. The molecular weight excluding hydrogens is 399 g/mol. The zero-order valence-electron chi connectivity index (χ0n) is 11.4. The number of alkyl halides is 13. The fraction of sp³-hybridized carbons (Fsp3) is 0.800. The van der Waals surface area contributed by atoms with E-state index in [-0.39, 0.29) is 0 Å². The number of carbonyl (C=O) groups excluding carboxylic acids is 2. The van der Waals surface area contributed by atoms with Crippen LogP contribution in [0.2, 0.25) is 0 Å². The minimum absolute atomic E-state index is 0.316. The maximum absolute atomic E-state index is 13.1. The van der Waals surface area contributed by atoms with Gasteiger partial charge in [0, 0.05) is 0 Å². The summed E-state index contributed by atoms with van der Waals surface area (Å²) in [5.41, 5.74) is 0. The zero-order valence-corrected chi connectivity index (χ0v) is 11.4. The normalized spacial score (nSPS) is 15.3. The van der Waals surface area contributed by atoms with Gasteiger partial charge in [0.05, 0.1) is 6.42 Å². The molecule has 2 nitrogen and oxygen atoms in total. The van der Waals surface area contributed by atoms with Crippen LogP contribution in [-0.4, -0.2) is 47.4 Å². The van der Waals surface area contributed by atoms with Crippen molar-refractivity contribution >= 4 is 11.6 Å². The molecule has 0 unspecified atom stereocenters. The fourth-order valence-electron chi connectivity index (χ4n) is 1.28. The maximum atomic E-state index is 13.1. The molecule has 0 aliphatic heterocycles. The quantitative estimate of drug-likeness (QED) is 0.469. The number of halogens is 13. The molecule has 148 valence electrons. The van der Waals surface area contributed by atoms with Gasteiger partial charge in [0.2, 0.25) is 5.78 Å². The van der Waals surface area contributed by atoms with E-state index in [0.717, 1.165) is 0 Å². The molecule has 0 amide bonds. The van der Waals surface area contributed by atoms with Gasteiger partial charge in [0.15, 0.2) is 0 Å². The largest absolute Gasteiger partial charge is 0.460 e. The summed E-state index contributed by atoms with van der Waals surface area (Å²) < 4.78 is 164. The second-order valence-corrected chi connectivity index (χ2v) is 4.67. The number of rotatable bonds is 7. The van der Waals surface area contributed by atoms with Crippen molar-refractivity contribution in [2.75, 3.05) is 0 Å². The van der Waals surface area contributed by atoms with Crippen LogP contribution in [0.4, 0.5) is 57.1 Å².